The van der Waals surface area contributed by atoms with E-state index in [9.17, 15) is 28.1 Å². The van der Waals surface area contributed by atoms with Crippen molar-refractivity contribution in [2.45, 2.75) is 19.1 Å². The molecule has 1 aliphatic rings. The molecule has 1 aromatic rings. The van der Waals surface area contributed by atoms with Gasteiger partial charge < -0.3 is 10.6 Å². The molecule has 11 heteroatoms. The maximum atomic E-state index is 13.3. The number of carbonyl (C=O) groups is 1. The lowest BCUT2D eigenvalue weighted by atomic mass is 10.1. The summed E-state index contributed by atoms with van der Waals surface area (Å²) in [5.41, 5.74) is 0.168. The largest absolute Gasteiger partial charge is 0.405 e. The highest BCUT2D eigenvalue weighted by molar-refractivity contribution is 5.95. The number of alkyl halides is 3. The Labute approximate surface area is 154 Å². The molecule has 1 atom stereocenters. The molecule has 1 fully saturated rings. The number of halogens is 4. The molecular formula is C15H20ClF3N4O3. The first-order chi connectivity index (χ1) is 11.7. The van der Waals surface area contributed by atoms with E-state index in [0.29, 0.717) is 18.7 Å². The number of nitro benzene ring substituents is 1. The van der Waals surface area contributed by atoms with E-state index in [1.165, 1.54) is 17.0 Å². The van der Waals surface area contributed by atoms with Gasteiger partial charge in [0.1, 0.15) is 6.04 Å². The van der Waals surface area contributed by atoms with Crippen LogP contribution < -0.4 is 10.6 Å². The van der Waals surface area contributed by atoms with Crippen LogP contribution in [0.2, 0.25) is 0 Å². The Bertz CT molecular complexity index is 652. The smallest absolute Gasteiger partial charge is 0.350 e. The number of amides is 1. The first kappa shape index (κ1) is 22.1. The van der Waals surface area contributed by atoms with Gasteiger partial charge in [-0.05, 0) is 18.6 Å². The third kappa shape index (κ3) is 5.82. The van der Waals surface area contributed by atoms with Crippen molar-refractivity contribution in [3.63, 3.8) is 0 Å². The van der Waals surface area contributed by atoms with Crippen LogP contribution in [-0.2, 0) is 0 Å². The zero-order valence-electron chi connectivity index (χ0n) is 14.0. The fourth-order valence-electron chi connectivity index (χ4n) is 2.74. The molecule has 26 heavy (non-hydrogen) atoms. The number of hydrogen-bond donors (Lipinski definition) is 2. The number of hydrogen-bond acceptors (Lipinski definition) is 5. The second kappa shape index (κ2) is 9.15. The molecule has 0 bridgehead atoms. The third-order valence-electron chi connectivity index (χ3n) is 3.96. The van der Waals surface area contributed by atoms with Crippen LogP contribution >= 0.6 is 12.4 Å². The molecule has 1 aromatic carbocycles. The number of aryl methyl sites for hydroxylation is 1. The van der Waals surface area contributed by atoms with Crippen LogP contribution in [0, 0.1) is 17.0 Å². The first-order valence-corrected chi connectivity index (χ1v) is 7.74. The van der Waals surface area contributed by atoms with E-state index in [1.807, 2.05) is 0 Å². The highest BCUT2D eigenvalue weighted by Gasteiger charge is 2.43. The van der Waals surface area contributed by atoms with Crippen LogP contribution in [-0.4, -0.2) is 60.7 Å². The van der Waals surface area contributed by atoms with E-state index < -0.39 is 29.6 Å². The second-order valence-electron chi connectivity index (χ2n) is 5.87. The van der Waals surface area contributed by atoms with E-state index in [4.69, 9.17) is 0 Å². The summed E-state index contributed by atoms with van der Waals surface area (Å²) in [6, 6.07) is 1.94. The lowest BCUT2D eigenvalue weighted by Crippen LogP contribution is -2.57. The summed E-state index contributed by atoms with van der Waals surface area (Å²) in [7, 11) is 0. The van der Waals surface area contributed by atoms with E-state index in [1.54, 1.807) is 6.92 Å². The summed E-state index contributed by atoms with van der Waals surface area (Å²) in [5, 5.41) is 16.1. The van der Waals surface area contributed by atoms with Gasteiger partial charge in [0.25, 0.3) is 11.6 Å². The Morgan fingerprint density at radius 2 is 1.96 bits per heavy atom. The van der Waals surface area contributed by atoms with Crippen molar-refractivity contribution in [2.24, 2.45) is 0 Å². The number of nitro groups is 1. The van der Waals surface area contributed by atoms with Gasteiger partial charge in [0.15, 0.2) is 0 Å². The summed E-state index contributed by atoms with van der Waals surface area (Å²) in [6.45, 7) is 2.33. The normalized spacial score (nSPS) is 16.5. The van der Waals surface area contributed by atoms with Crippen molar-refractivity contribution in [2.75, 3.05) is 32.7 Å². The Morgan fingerprint density at radius 3 is 2.50 bits per heavy atom. The van der Waals surface area contributed by atoms with Crippen LogP contribution in [0.4, 0.5) is 18.9 Å². The monoisotopic (exact) mass is 396 g/mol. The molecule has 2 N–H and O–H groups in total. The highest BCUT2D eigenvalue weighted by Crippen LogP contribution is 2.25. The Hall–Kier alpha value is -1.91. The summed E-state index contributed by atoms with van der Waals surface area (Å²) < 4.78 is 39.9. The molecule has 0 saturated carbocycles. The Morgan fingerprint density at radius 1 is 1.35 bits per heavy atom. The third-order valence-corrected chi connectivity index (χ3v) is 3.96. The quantitative estimate of drug-likeness (QED) is 0.586. The second-order valence-corrected chi connectivity index (χ2v) is 5.87. The minimum atomic E-state index is -4.48. The first-order valence-electron chi connectivity index (χ1n) is 7.74. The molecule has 1 saturated heterocycles. The fourth-order valence-corrected chi connectivity index (χ4v) is 2.74. The van der Waals surface area contributed by atoms with Gasteiger partial charge in [0.05, 0.1) is 4.92 Å². The molecule has 0 spiro atoms. The number of nitrogens with zero attached hydrogens (tertiary/aromatic N) is 2. The summed E-state index contributed by atoms with van der Waals surface area (Å²) in [4.78, 5) is 23.6. The van der Waals surface area contributed by atoms with Gasteiger partial charge in [0.2, 0.25) is 0 Å². The molecule has 1 heterocycles. The van der Waals surface area contributed by atoms with E-state index in [0.717, 1.165) is 6.07 Å². The average molecular weight is 397 g/mol. The standard InChI is InChI=1S/C15H19F3N4O3.ClH/c1-10-6-11(8-12(7-10)22(24)25)14(23)20-9-13(15(16,17)18)21-4-2-19-3-5-21;/h6-8,13,19H,2-5,9H2,1H3,(H,20,23);1H. The van der Waals surface area contributed by atoms with Gasteiger partial charge in [0, 0.05) is 50.4 Å². The Kier molecular flexibility index (Phi) is 7.79. The molecule has 0 aromatic heterocycles. The molecule has 0 aliphatic carbocycles. The maximum Gasteiger partial charge on any atom is 0.405 e. The number of nitrogens with one attached hydrogen (secondary N) is 2. The summed E-state index contributed by atoms with van der Waals surface area (Å²) >= 11 is 0. The molecule has 1 amide bonds. The van der Waals surface area contributed by atoms with Crippen molar-refractivity contribution in [1.82, 2.24) is 15.5 Å². The average Bonchev–Trinajstić information content (AvgIpc) is 2.54. The van der Waals surface area contributed by atoms with Crippen molar-refractivity contribution in [1.29, 1.82) is 0 Å². The minimum Gasteiger partial charge on any atom is -0.350 e. The number of rotatable bonds is 5. The van der Waals surface area contributed by atoms with Crippen molar-refractivity contribution < 1.29 is 22.9 Å². The number of carbonyl (C=O) groups excluding carboxylic acids is 1. The van der Waals surface area contributed by atoms with Crippen molar-refractivity contribution in [3.05, 3.63) is 39.4 Å². The SMILES string of the molecule is Cc1cc(C(=O)NCC(N2CCNCC2)C(F)(F)F)cc([N+](=O)[O-])c1.Cl. The predicted octanol–water partition coefficient (Wildman–Crippen LogP) is 1.89. The molecule has 0 radical (unpaired) electrons. The molecular weight excluding hydrogens is 377 g/mol. The van der Waals surface area contributed by atoms with Crippen LogP contribution in [0.1, 0.15) is 15.9 Å². The lowest BCUT2D eigenvalue weighted by Gasteiger charge is -2.35. The number of non-ortho nitro benzene ring substituents is 1. The van der Waals surface area contributed by atoms with E-state index >= 15 is 0 Å². The van der Waals surface area contributed by atoms with Crippen LogP contribution in [0.3, 0.4) is 0 Å². The Balaban J connectivity index is 0.00000338. The van der Waals surface area contributed by atoms with Gasteiger partial charge in [-0.25, -0.2) is 0 Å². The van der Waals surface area contributed by atoms with Gasteiger partial charge >= 0.3 is 6.18 Å². The van der Waals surface area contributed by atoms with Crippen LogP contribution in [0.25, 0.3) is 0 Å². The lowest BCUT2D eigenvalue weighted by molar-refractivity contribution is -0.384. The predicted molar refractivity (Wildman–Crippen MR) is 91.7 cm³/mol. The maximum absolute atomic E-state index is 13.3. The van der Waals surface area contributed by atoms with E-state index in [-0.39, 0.29) is 36.7 Å². The summed E-state index contributed by atoms with van der Waals surface area (Å²) in [6.07, 6.45) is -4.48. The van der Waals surface area contributed by atoms with Gasteiger partial charge in [-0.2, -0.15) is 13.2 Å². The molecule has 1 unspecified atom stereocenters. The molecule has 146 valence electrons. The number of benzene rings is 1. The van der Waals surface area contributed by atoms with Gasteiger partial charge in [-0.1, -0.05) is 0 Å². The zero-order chi connectivity index (χ0) is 18.6. The van der Waals surface area contributed by atoms with Crippen molar-refractivity contribution >= 4 is 24.0 Å². The summed E-state index contributed by atoms with van der Waals surface area (Å²) in [5.74, 6) is -0.767. The fraction of sp³-hybridized carbons (Fsp3) is 0.533. The zero-order valence-corrected chi connectivity index (χ0v) is 14.8. The van der Waals surface area contributed by atoms with Crippen molar-refractivity contribution in [3.8, 4) is 0 Å². The van der Waals surface area contributed by atoms with Crippen LogP contribution in [0.5, 0.6) is 0 Å². The highest BCUT2D eigenvalue weighted by atomic mass is 35.5. The minimum absolute atomic E-state index is 0. The molecule has 2 rings (SSSR count). The molecule has 1 aliphatic heterocycles. The van der Waals surface area contributed by atoms with Gasteiger partial charge in [-0.3, -0.25) is 19.8 Å². The van der Waals surface area contributed by atoms with E-state index in [2.05, 4.69) is 10.6 Å². The van der Waals surface area contributed by atoms with Crippen LogP contribution in [0.15, 0.2) is 18.2 Å². The number of piperazine rings is 1. The molecule has 7 nitrogen and oxygen atoms in total. The van der Waals surface area contributed by atoms with Gasteiger partial charge in [-0.15, -0.1) is 12.4 Å². The topological polar surface area (TPSA) is 87.5 Å².